The minimum atomic E-state index is -2.70. The summed E-state index contributed by atoms with van der Waals surface area (Å²) in [6.45, 7) is 11.8. The van der Waals surface area contributed by atoms with Crippen LogP contribution in [-0.2, 0) is 16.3 Å². The molecule has 3 aromatic rings. The summed E-state index contributed by atoms with van der Waals surface area (Å²) >= 11 is 0. The Bertz CT molecular complexity index is 1380. The summed E-state index contributed by atoms with van der Waals surface area (Å²) in [6, 6.07) is 21.8. The van der Waals surface area contributed by atoms with Gasteiger partial charge in [0.25, 0.3) is 8.32 Å². The molecule has 0 bridgehead atoms. The van der Waals surface area contributed by atoms with Crippen LogP contribution in [0.3, 0.4) is 0 Å². The first-order chi connectivity index (χ1) is 20.0. The molecule has 0 radical (unpaired) electrons. The van der Waals surface area contributed by atoms with Gasteiger partial charge in [-0.3, -0.25) is 5.10 Å². The van der Waals surface area contributed by atoms with Crippen LogP contribution in [0, 0.1) is 29.1 Å². The van der Waals surface area contributed by atoms with Gasteiger partial charge in [0.1, 0.15) is 0 Å². The number of hydrogen-bond donors (Lipinski definition) is 3. The lowest BCUT2D eigenvalue weighted by atomic mass is 9.43. The third kappa shape index (κ3) is 3.94. The van der Waals surface area contributed by atoms with Gasteiger partial charge in [-0.25, -0.2) is 0 Å². The number of nitrogens with zero attached hydrogens (tertiary/aromatic N) is 1. The Kier molecular flexibility index (Phi) is 6.71. The Hall–Kier alpha value is -2.25. The van der Waals surface area contributed by atoms with Crippen LogP contribution >= 0.6 is 0 Å². The highest BCUT2D eigenvalue weighted by atomic mass is 28.4. The standard InChI is InChI=1S/C36H48N2O3Si/c1-34(2,3)42(25-12-8-6-9-13-25,26-14-10-7-11-15-26)41-24-16-18-35(4)27-17-19-36(5)28(20-23-22-37-38-33(23)36)30(27)32(40)31(39)29(35)21-24/h6-15,22,24,27-32,39-40H,16-21H2,1-5H3,(H,37,38)/t24-,27-,28-,29+,30+,31+,32+,35+,36-/m0/s1. The van der Waals surface area contributed by atoms with Crippen molar-refractivity contribution in [1.82, 2.24) is 10.2 Å². The molecule has 3 saturated carbocycles. The monoisotopic (exact) mass is 584 g/mol. The van der Waals surface area contributed by atoms with Crippen LogP contribution in [0.15, 0.2) is 66.9 Å². The van der Waals surface area contributed by atoms with Crippen molar-refractivity contribution in [2.75, 3.05) is 0 Å². The van der Waals surface area contributed by atoms with Crippen LogP contribution in [0.4, 0.5) is 0 Å². The number of fused-ring (bicyclic) bond motifs is 7. The van der Waals surface area contributed by atoms with Gasteiger partial charge in [-0.1, -0.05) is 95.3 Å². The minimum Gasteiger partial charge on any atom is -0.404 e. The highest BCUT2D eigenvalue weighted by molar-refractivity contribution is 6.99. The molecule has 1 heterocycles. The maximum absolute atomic E-state index is 11.9. The zero-order chi connectivity index (χ0) is 29.5. The van der Waals surface area contributed by atoms with E-state index in [-0.39, 0.29) is 33.8 Å². The smallest absolute Gasteiger partial charge is 0.261 e. The molecule has 42 heavy (non-hydrogen) atoms. The van der Waals surface area contributed by atoms with Crippen LogP contribution in [0.5, 0.6) is 0 Å². The van der Waals surface area contributed by atoms with Crippen LogP contribution in [0.25, 0.3) is 0 Å². The van der Waals surface area contributed by atoms with Crippen LogP contribution in [0.2, 0.25) is 5.04 Å². The van der Waals surface area contributed by atoms with E-state index in [2.05, 4.69) is 105 Å². The average Bonchev–Trinajstić information content (AvgIpc) is 3.56. The van der Waals surface area contributed by atoms with Gasteiger partial charge in [0.15, 0.2) is 0 Å². The van der Waals surface area contributed by atoms with E-state index in [1.54, 1.807) is 0 Å². The van der Waals surface area contributed by atoms with E-state index in [1.165, 1.54) is 21.6 Å². The number of rotatable bonds is 4. The summed E-state index contributed by atoms with van der Waals surface area (Å²) in [4.78, 5) is 0. The molecule has 2 aromatic carbocycles. The molecular formula is C36H48N2O3Si. The lowest BCUT2D eigenvalue weighted by molar-refractivity contribution is -0.214. The highest BCUT2D eigenvalue weighted by Gasteiger charge is 2.65. The molecule has 0 saturated heterocycles. The molecule has 0 aliphatic heterocycles. The Morgan fingerprint density at radius 1 is 0.857 bits per heavy atom. The maximum Gasteiger partial charge on any atom is 0.261 e. The summed E-state index contributed by atoms with van der Waals surface area (Å²) in [5.41, 5.74) is 2.56. The van der Waals surface area contributed by atoms with Crippen LogP contribution in [-0.4, -0.2) is 47.0 Å². The van der Waals surface area contributed by atoms with Gasteiger partial charge < -0.3 is 14.6 Å². The van der Waals surface area contributed by atoms with E-state index >= 15 is 0 Å². The van der Waals surface area contributed by atoms with Crippen molar-refractivity contribution in [3.63, 3.8) is 0 Å². The quantitative estimate of drug-likeness (QED) is 0.361. The van der Waals surface area contributed by atoms with Gasteiger partial charge in [-0.15, -0.1) is 0 Å². The number of nitrogens with one attached hydrogen (secondary N) is 1. The molecule has 0 amide bonds. The maximum atomic E-state index is 11.9. The number of H-pyrrole nitrogens is 1. The molecule has 4 aliphatic rings. The number of benzene rings is 2. The van der Waals surface area contributed by atoms with Crippen molar-refractivity contribution >= 4 is 18.7 Å². The first-order valence-electron chi connectivity index (χ1n) is 16.2. The molecule has 5 nitrogen and oxygen atoms in total. The summed E-state index contributed by atoms with van der Waals surface area (Å²) < 4.78 is 7.58. The van der Waals surface area contributed by atoms with Crippen molar-refractivity contribution in [3.8, 4) is 0 Å². The van der Waals surface area contributed by atoms with Crippen molar-refractivity contribution in [2.24, 2.45) is 29.1 Å². The van der Waals surface area contributed by atoms with E-state index in [1.807, 2.05) is 6.20 Å². The molecule has 0 spiro atoms. The summed E-state index contributed by atoms with van der Waals surface area (Å²) in [5.74, 6) is 0.879. The predicted octanol–water partition coefficient (Wildman–Crippen LogP) is 5.35. The molecule has 0 unspecified atom stereocenters. The molecule has 3 fully saturated rings. The van der Waals surface area contributed by atoms with Crippen molar-refractivity contribution in [3.05, 3.63) is 78.1 Å². The number of aliphatic hydroxyl groups is 2. The predicted molar refractivity (Wildman–Crippen MR) is 169 cm³/mol. The number of hydrogen-bond acceptors (Lipinski definition) is 4. The van der Waals surface area contributed by atoms with E-state index in [4.69, 9.17) is 4.43 Å². The molecule has 7 rings (SSSR count). The first kappa shape index (κ1) is 28.5. The molecule has 1 aromatic heterocycles. The number of aromatic amines is 1. The fraction of sp³-hybridized carbons (Fsp3) is 0.583. The van der Waals surface area contributed by atoms with Crippen molar-refractivity contribution < 1.29 is 14.6 Å². The molecule has 9 atom stereocenters. The average molecular weight is 585 g/mol. The highest BCUT2D eigenvalue weighted by Crippen LogP contribution is 2.65. The minimum absolute atomic E-state index is 0.000485. The van der Waals surface area contributed by atoms with Gasteiger partial charge in [-0.05, 0) is 88.6 Å². The summed E-state index contributed by atoms with van der Waals surface area (Å²) in [6.07, 6.45) is 6.56. The van der Waals surface area contributed by atoms with Gasteiger partial charge in [-0.2, -0.15) is 5.10 Å². The van der Waals surface area contributed by atoms with Gasteiger partial charge in [0, 0.05) is 17.2 Å². The fourth-order valence-corrected chi connectivity index (χ4v) is 15.2. The van der Waals surface area contributed by atoms with Crippen molar-refractivity contribution in [2.45, 2.75) is 102 Å². The van der Waals surface area contributed by atoms with Gasteiger partial charge >= 0.3 is 0 Å². The summed E-state index contributed by atoms with van der Waals surface area (Å²) in [5, 5.41) is 34.0. The normalized spacial score (nSPS) is 37.8. The van der Waals surface area contributed by atoms with Crippen LogP contribution in [0.1, 0.15) is 78.0 Å². The second-order valence-electron chi connectivity index (χ2n) is 15.5. The molecule has 224 valence electrons. The van der Waals surface area contributed by atoms with E-state index in [0.29, 0.717) is 11.8 Å². The van der Waals surface area contributed by atoms with E-state index in [0.717, 1.165) is 38.5 Å². The third-order valence-corrected chi connectivity index (χ3v) is 17.7. The molecule has 6 heteroatoms. The van der Waals surface area contributed by atoms with Crippen LogP contribution < -0.4 is 10.4 Å². The third-order valence-electron chi connectivity index (χ3n) is 12.6. The molecule has 3 N–H and O–H groups in total. The number of aliphatic hydroxyl groups excluding tert-OH is 2. The van der Waals surface area contributed by atoms with Gasteiger partial charge in [0.05, 0.1) is 18.4 Å². The fourth-order valence-electron chi connectivity index (χ4n) is 10.5. The Morgan fingerprint density at radius 3 is 2.12 bits per heavy atom. The Balaban J connectivity index is 1.21. The molecule has 4 aliphatic carbocycles. The lowest BCUT2D eigenvalue weighted by Crippen LogP contribution is -2.69. The molecular weight excluding hydrogens is 536 g/mol. The topological polar surface area (TPSA) is 78.4 Å². The van der Waals surface area contributed by atoms with E-state index in [9.17, 15) is 10.2 Å². The number of aromatic nitrogens is 2. The Labute approximate surface area is 252 Å². The summed E-state index contributed by atoms with van der Waals surface area (Å²) in [7, 11) is -2.70. The first-order valence-corrected chi connectivity index (χ1v) is 18.1. The van der Waals surface area contributed by atoms with E-state index < -0.39 is 20.5 Å². The SMILES string of the molecule is CC(C)(C)[Si](O[C@H]1CC[C@@]2(C)[C@H](C1)[C@@H](O)[C@H](O)[C@@H]1[C@@H]2CC[C@]2(C)c3[nH]ncc3C[C@@H]12)(c1ccccc1)c1ccccc1. The lowest BCUT2D eigenvalue weighted by Gasteiger charge is -2.63. The zero-order valence-corrected chi connectivity index (χ0v) is 26.9. The van der Waals surface area contributed by atoms with Crippen molar-refractivity contribution in [1.29, 1.82) is 0 Å². The van der Waals surface area contributed by atoms with Gasteiger partial charge in [0.2, 0.25) is 0 Å². The largest absolute Gasteiger partial charge is 0.404 e. The second kappa shape index (κ2) is 9.88. The second-order valence-corrected chi connectivity index (χ2v) is 19.7. The zero-order valence-electron chi connectivity index (χ0n) is 25.9. The Morgan fingerprint density at radius 2 is 1.50 bits per heavy atom.